The SMILES string of the molecule is Cc1ccc(C)c(C2C(=O)Nc3cccc(Cl)c32)c1. The first-order valence-electron chi connectivity index (χ1n) is 6.24. The van der Waals surface area contributed by atoms with Gasteiger partial charge in [-0.25, -0.2) is 0 Å². The molecule has 0 aliphatic carbocycles. The minimum Gasteiger partial charge on any atom is -0.325 e. The highest BCUT2D eigenvalue weighted by Gasteiger charge is 2.34. The van der Waals surface area contributed by atoms with Gasteiger partial charge in [-0.2, -0.15) is 0 Å². The van der Waals surface area contributed by atoms with E-state index in [1.807, 2.05) is 38.1 Å². The van der Waals surface area contributed by atoms with Crippen LogP contribution in [0.1, 0.15) is 28.2 Å². The summed E-state index contributed by atoms with van der Waals surface area (Å²) in [5, 5.41) is 3.55. The summed E-state index contributed by atoms with van der Waals surface area (Å²) in [6.07, 6.45) is 0. The Balaban J connectivity index is 2.22. The summed E-state index contributed by atoms with van der Waals surface area (Å²) in [4.78, 5) is 12.3. The second-order valence-corrected chi connectivity index (χ2v) is 5.39. The summed E-state index contributed by atoms with van der Waals surface area (Å²) < 4.78 is 0. The summed E-state index contributed by atoms with van der Waals surface area (Å²) in [6, 6.07) is 11.7. The molecule has 1 aliphatic heterocycles. The van der Waals surface area contributed by atoms with Crippen molar-refractivity contribution in [1.29, 1.82) is 0 Å². The predicted molar refractivity (Wildman–Crippen MR) is 77.8 cm³/mol. The quantitative estimate of drug-likeness (QED) is 0.833. The van der Waals surface area contributed by atoms with Gasteiger partial charge in [0.2, 0.25) is 5.91 Å². The van der Waals surface area contributed by atoms with Crippen LogP contribution in [0.5, 0.6) is 0 Å². The molecule has 3 heteroatoms. The molecule has 0 aromatic heterocycles. The van der Waals surface area contributed by atoms with E-state index in [2.05, 4.69) is 17.4 Å². The molecule has 0 spiro atoms. The lowest BCUT2D eigenvalue weighted by Gasteiger charge is -2.14. The van der Waals surface area contributed by atoms with Crippen LogP contribution >= 0.6 is 11.6 Å². The number of nitrogens with one attached hydrogen (secondary N) is 1. The van der Waals surface area contributed by atoms with Gasteiger partial charge < -0.3 is 5.32 Å². The molecule has 2 aromatic rings. The van der Waals surface area contributed by atoms with Gasteiger partial charge in [0.1, 0.15) is 0 Å². The van der Waals surface area contributed by atoms with Gasteiger partial charge in [0.25, 0.3) is 0 Å². The molecule has 1 unspecified atom stereocenters. The fourth-order valence-corrected chi connectivity index (χ4v) is 2.93. The molecule has 96 valence electrons. The maximum Gasteiger partial charge on any atom is 0.236 e. The molecule has 0 fully saturated rings. The fourth-order valence-electron chi connectivity index (χ4n) is 2.64. The van der Waals surface area contributed by atoms with E-state index in [1.54, 1.807) is 0 Å². The van der Waals surface area contributed by atoms with Gasteiger partial charge in [-0.15, -0.1) is 0 Å². The number of hydrogen-bond acceptors (Lipinski definition) is 1. The Morgan fingerprint density at radius 3 is 2.74 bits per heavy atom. The third-order valence-corrected chi connectivity index (χ3v) is 3.94. The van der Waals surface area contributed by atoms with Crippen LogP contribution in [0.2, 0.25) is 5.02 Å². The van der Waals surface area contributed by atoms with Crippen LogP contribution < -0.4 is 5.32 Å². The van der Waals surface area contributed by atoms with Crippen molar-refractivity contribution in [2.24, 2.45) is 0 Å². The van der Waals surface area contributed by atoms with Crippen LogP contribution in [0.3, 0.4) is 0 Å². The number of anilines is 1. The van der Waals surface area contributed by atoms with E-state index in [1.165, 1.54) is 0 Å². The molecule has 1 aliphatic rings. The number of carbonyl (C=O) groups excluding carboxylic acids is 1. The van der Waals surface area contributed by atoms with Gasteiger partial charge in [0, 0.05) is 16.3 Å². The van der Waals surface area contributed by atoms with Crippen molar-refractivity contribution in [2.45, 2.75) is 19.8 Å². The minimum absolute atomic E-state index is 0.00296. The van der Waals surface area contributed by atoms with E-state index < -0.39 is 0 Å². The molecule has 0 saturated carbocycles. The molecule has 19 heavy (non-hydrogen) atoms. The van der Waals surface area contributed by atoms with Crippen molar-refractivity contribution in [2.75, 3.05) is 5.32 Å². The highest BCUT2D eigenvalue weighted by Crippen LogP contribution is 2.42. The molecule has 2 aromatic carbocycles. The Labute approximate surface area is 117 Å². The topological polar surface area (TPSA) is 29.1 Å². The highest BCUT2D eigenvalue weighted by atomic mass is 35.5. The Hall–Kier alpha value is -1.80. The number of amides is 1. The molecule has 1 atom stereocenters. The zero-order chi connectivity index (χ0) is 13.6. The lowest BCUT2D eigenvalue weighted by atomic mass is 9.88. The van der Waals surface area contributed by atoms with Crippen LogP contribution in [0.15, 0.2) is 36.4 Å². The first-order chi connectivity index (χ1) is 9.08. The zero-order valence-electron chi connectivity index (χ0n) is 10.8. The first kappa shape index (κ1) is 12.2. The van der Waals surface area contributed by atoms with E-state index in [0.29, 0.717) is 5.02 Å². The van der Waals surface area contributed by atoms with Crippen molar-refractivity contribution in [3.8, 4) is 0 Å². The molecule has 1 amide bonds. The van der Waals surface area contributed by atoms with Crippen molar-refractivity contribution < 1.29 is 4.79 Å². The number of aryl methyl sites for hydroxylation is 2. The Bertz CT molecular complexity index is 678. The number of benzene rings is 2. The van der Waals surface area contributed by atoms with Gasteiger partial charge in [0.15, 0.2) is 0 Å². The molecule has 0 bridgehead atoms. The lowest BCUT2D eigenvalue weighted by Crippen LogP contribution is -2.14. The molecule has 0 radical (unpaired) electrons. The summed E-state index contributed by atoms with van der Waals surface area (Å²) >= 11 is 6.28. The zero-order valence-corrected chi connectivity index (χ0v) is 11.6. The monoisotopic (exact) mass is 271 g/mol. The number of halogens is 1. The summed E-state index contributed by atoms with van der Waals surface area (Å²) in [7, 11) is 0. The van der Waals surface area contributed by atoms with E-state index in [-0.39, 0.29) is 11.8 Å². The molecular formula is C16H14ClNO. The van der Waals surface area contributed by atoms with Crippen LogP contribution in [-0.2, 0) is 4.79 Å². The Morgan fingerprint density at radius 1 is 1.16 bits per heavy atom. The van der Waals surface area contributed by atoms with Crippen LogP contribution in [0.4, 0.5) is 5.69 Å². The first-order valence-corrected chi connectivity index (χ1v) is 6.62. The van der Waals surface area contributed by atoms with Gasteiger partial charge in [0.05, 0.1) is 5.92 Å². The lowest BCUT2D eigenvalue weighted by molar-refractivity contribution is -0.116. The number of carbonyl (C=O) groups is 1. The largest absolute Gasteiger partial charge is 0.325 e. The summed E-state index contributed by atoms with van der Waals surface area (Å²) in [6.45, 7) is 4.06. The van der Waals surface area contributed by atoms with Crippen molar-refractivity contribution in [3.63, 3.8) is 0 Å². The molecule has 1 N–H and O–H groups in total. The summed E-state index contributed by atoms with van der Waals surface area (Å²) in [5.41, 5.74) is 5.00. The van der Waals surface area contributed by atoms with Crippen LogP contribution in [0.25, 0.3) is 0 Å². The van der Waals surface area contributed by atoms with Crippen LogP contribution in [-0.4, -0.2) is 5.91 Å². The second-order valence-electron chi connectivity index (χ2n) is 4.98. The van der Waals surface area contributed by atoms with E-state index >= 15 is 0 Å². The smallest absolute Gasteiger partial charge is 0.236 e. The minimum atomic E-state index is -0.302. The standard InChI is InChI=1S/C16H14ClNO/c1-9-6-7-10(2)11(8-9)14-15-12(17)4-3-5-13(15)18-16(14)19/h3-8,14H,1-2H3,(H,18,19). The fraction of sp³-hybridized carbons (Fsp3) is 0.188. The maximum atomic E-state index is 12.3. The van der Waals surface area contributed by atoms with Crippen molar-refractivity contribution in [3.05, 3.63) is 63.7 Å². The number of rotatable bonds is 1. The van der Waals surface area contributed by atoms with Crippen molar-refractivity contribution >= 4 is 23.2 Å². The van der Waals surface area contributed by atoms with Gasteiger partial charge in [-0.1, -0.05) is 41.4 Å². The molecule has 0 saturated heterocycles. The molecular weight excluding hydrogens is 258 g/mol. The molecule has 1 heterocycles. The predicted octanol–water partition coefficient (Wildman–Crippen LogP) is 4.04. The number of fused-ring (bicyclic) bond motifs is 1. The van der Waals surface area contributed by atoms with E-state index in [4.69, 9.17) is 11.6 Å². The third kappa shape index (κ3) is 1.92. The van der Waals surface area contributed by atoms with Crippen molar-refractivity contribution in [1.82, 2.24) is 0 Å². The molecule has 2 nitrogen and oxygen atoms in total. The normalized spacial score (nSPS) is 17.2. The average Bonchev–Trinajstić information content (AvgIpc) is 2.70. The van der Waals surface area contributed by atoms with Gasteiger partial charge in [-0.3, -0.25) is 4.79 Å². The highest BCUT2D eigenvalue weighted by molar-refractivity contribution is 6.33. The van der Waals surface area contributed by atoms with Gasteiger partial charge in [-0.05, 0) is 37.1 Å². The Morgan fingerprint density at radius 2 is 1.95 bits per heavy atom. The maximum absolute atomic E-state index is 12.3. The number of hydrogen-bond donors (Lipinski definition) is 1. The average molecular weight is 272 g/mol. The summed E-state index contributed by atoms with van der Waals surface area (Å²) in [5.74, 6) is -0.305. The van der Waals surface area contributed by atoms with Crippen LogP contribution in [0, 0.1) is 13.8 Å². The van der Waals surface area contributed by atoms with E-state index in [9.17, 15) is 4.79 Å². The molecule has 3 rings (SSSR count). The second kappa shape index (κ2) is 4.39. The van der Waals surface area contributed by atoms with Gasteiger partial charge >= 0.3 is 0 Å². The third-order valence-electron chi connectivity index (χ3n) is 3.61. The van der Waals surface area contributed by atoms with E-state index in [0.717, 1.165) is 27.9 Å². The Kier molecular flexibility index (Phi) is 2.83.